The first-order valence-corrected chi connectivity index (χ1v) is 9.50. The number of rotatable bonds is 7. The lowest BCUT2D eigenvalue weighted by Gasteiger charge is -2.35. The first-order chi connectivity index (χ1) is 13.6. The number of ether oxygens (including phenoxy) is 3. The summed E-state index contributed by atoms with van der Waals surface area (Å²) in [5.41, 5.74) is 2.03. The van der Waals surface area contributed by atoms with E-state index in [4.69, 9.17) is 14.2 Å². The van der Waals surface area contributed by atoms with Gasteiger partial charge in [-0.15, -0.1) is 0 Å². The fourth-order valence-electron chi connectivity index (χ4n) is 3.30. The molecular weight excluding hydrogens is 358 g/mol. The fourth-order valence-corrected chi connectivity index (χ4v) is 3.30. The molecule has 2 aromatic rings. The van der Waals surface area contributed by atoms with Crippen LogP contribution in [0.1, 0.15) is 25.8 Å². The van der Waals surface area contributed by atoms with Crippen LogP contribution in [0.15, 0.2) is 48.5 Å². The topological polar surface area (TPSA) is 65.1 Å². The van der Waals surface area contributed by atoms with Crippen molar-refractivity contribution < 1.29 is 23.8 Å². The highest BCUT2D eigenvalue weighted by Gasteiger charge is 2.28. The van der Waals surface area contributed by atoms with Gasteiger partial charge in [-0.3, -0.25) is 4.79 Å². The number of fused-ring (bicyclic) bond motifs is 1. The maximum atomic E-state index is 12.7. The van der Waals surface area contributed by atoms with E-state index in [2.05, 4.69) is 0 Å². The highest BCUT2D eigenvalue weighted by molar-refractivity contribution is 5.96. The lowest BCUT2D eigenvalue weighted by Crippen LogP contribution is -2.44. The number of anilines is 1. The van der Waals surface area contributed by atoms with Gasteiger partial charge in [-0.1, -0.05) is 30.3 Å². The molecule has 28 heavy (non-hydrogen) atoms. The molecule has 1 aliphatic rings. The Bertz CT molecular complexity index is 835. The molecular formula is C22H25NO5. The monoisotopic (exact) mass is 383 g/mol. The summed E-state index contributed by atoms with van der Waals surface area (Å²) in [6, 6.07) is 15.0. The Morgan fingerprint density at radius 3 is 2.43 bits per heavy atom. The summed E-state index contributed by atoms with van der Waals surface area (Å²) in [5, 5.41) is 0. The van der Waals surface area contributed by atoms with Crippen molar-refractivity contribution in [1.29, 1.82) is 0 Å². The van der Waals surface area contributed by atoms with Gasteiger partial charge >= 0.3 is 5.97 Å². The number of amides is 1. The molecule has 0 saturated carbocycles. The van der Waals surface area contributed by atoms with E-state index in [0.29, 0.717) is 18.1 Å². The molecule has 3 rings (SSSR count). The Kier molecular flexibility index (Phi) is 6.53. The quantitative estimate of drug-likeness (QED) is 0.686. The molecule has 0 aromatic heterocycles. The smallest absolute Gasteiger partial charge is 0.344 e. The standard InChI is InChI=1S/C22H25NO5/c1-3-26-19-10-6-7-11-20(19)27-15-22(25)28-14-21(24)23-16(2)12-13-17-8-4-5-9-18(17)23/h4-11,16H,3,12-15H2,1-2H3. The van der Waals surface area contributed by atoms with E-state index in [1.54, 1.807) is 23.1 Å². The molecule has 0 spiro atoms. The van der Waals surface area contributed by atoms with Crippen LogP contribution in [-0.4, -0.2) is 37.7 Å². The molecule has 0 bridgehead atoms. The van der Waals surface area contributed by atoms with Crippen LogP contribution in [0.2, 0.25) is 0 Å². The van der Waals surface area contributed by atoms with Crippen molar-refractivity contribution in [2.24, 2.45) is 0 Å². The third kappa shape index (κ3) is 4.63. The summed E-state index contributed by atoms with van der Waals surface area (Å²) >= 11 is 0. The molecule has 0 aliphatic carbocycles. The van der Waals surface area contributed by atoms with Gasteiger partial charge in [0.15, 0.2) is 24.7 Å². The van der Waals surface area contributed by atoms with Gasteiger partial charge in [0.1, 0.15) is 0 Å². The first kappa shape index (κ1) is 19.7. The van der Waals surface area contributed by atoms with Crippen molar-refractivity contribution in [2.75, 3.05) is 24.7 Å². The van der Waals surface area contributed by atoms with Crippen LogP contribution >= 0.6 is 0 Å². The first-order valence-electron chi connectivity index (χ1n) is 9.50. The maximum Gasteiger partial charge on any atom is 0.344 e. The minimum Gasteiger partial charge on any atom is -0.490 e. The molecule has 1 atom stereocenters. The van der Waals surface area contributed by atoms with Crippen LogP contribution in [0.4, 0.5) is 5.69 Å². The largest absolute Gasteiger partial charge is 0.490 e. The molecule has 1 unspecified atom stereocenters. The summed E-state index contributed by atoms with van der Waals surface area (Å²) in [7, 11) is 0. The van der Waals surface area contributed by atoms with E-state index in [1.807, 2.05) is 44.2 Å². The van der Waals surface area contributed by atoms with Gasteiger partial charge in [-0.2, -0.15) is 0 Å². The van der Waals surface area contributed by atoms with E-state index >= 15 is 0 Å². The van der Waals surface area contributed by atoms with Gasteiger partial charge in [-0.25, -0.2) is 4.79 Å². The highest BCUT2D eigenvalue weighted by atomic mass is 16.6. The van der Waals surface area contributed by atoms with E-state index in [1.165, 1.54) is 0 Å². The summed E-state index contributed by atoms with van der Waals surface area (Å²) in [5.74, 6) is 0.194. The Labute approximate surface area is 165 Å². The lowest BCUT2D eigenvalue weighted by molar-refractivity contribution is -0.149. The average molecular weight is 383 g/mol. The van der Waals surface area contributed by atoms with Crippen molar-refractivity contribution in [3.63, 3.8) is 0 Å². The zero-order valence-electron chi connectivity index (χ0n) is 16.2. The lowest BCUT2D eigenvalue weighted by atomic mass is 9.96. The minimum atomic E-state index is -0.599. The van der Waals surface area contributed by atoms with Gasteiger partial charge in [0.05, 0.1) is 6.61 Å². The third-order valence-corrected chi connectivity index (χ3v) is 4.64. The zero-order chi connectivity index (χ0) is 19.9. The van der Waals surface area contributed by atoms with E-state index in [9.17, 15) is 9.59 Å². The van der Waals surface area contributed by atoms with Crippen LogP contribution < -0.4 is 14.4 Å². The van der Waals surface area contributed by atoms with Crippen molar-refractivity contribution in [3.8, 4) is 11.5 Å². The second kappa shape index (κ2) is 9.26. The average Bonchev–Trinajstić information content (AvgIpc) is 2.71. The third-order valence-electron chi connectivity index (χ3n) is 4.64. The molecule has 0 saturated heterocycles. The number of hydrogen-bond donors (Lipinski definition) is 0. The normalized spacial score (nSPS) is 15.5. The van der Waals surface area contributed by atoms with Crippen LogP contribution in [-0.2, 0) is 20.7 Å². The van der Waals surface area contributed by atoms with Crippen molar-refractivity contribution in [3.05, 3.63) is 54.1 Å². The van der Waals surface area contributed by atoms with Crippen molar-refractivity contribution in [2.45, 2.75) is 32.7 Å². The van der Waals surface area contributed by atoms with Gasteiger partial charge in [0, 0.05) is 11.7 Å². The van der Waals surface area contributed by atoms with E-state index in [-0.39, 0.29) is 25.2 Å². The second-order valence-corrected chi connectivity index (χ2v) is 6.61. The summed E-state index contributed by atoms with van der Waals surface area (Å²) in [6.07, 6.45) is 1.82. The predicted octanol–water partition coefficient (Wildman–Crippen LogP) is 3.38. The molecule has 6 heteroatoms. The number of carbonyl (C=O) groups excluding carboxylic acids is 2. The molecule has 0 fully saturated rings. The Balaban J connectivity index is 1.54. The number of carbonyl (C=O) groups is 2. The van der Waals surface area contributed by atoms with E-state index in [0.717, 1.165) is 24.1 Å². The van der Waals surface area contributed by atoms with Crippen LogP contribution in [0, 0.1) is 0 Å². The van der Waals surface area contributed by atoms with Gasteiger partial charge in [0.25, 0.3) is 5.91 Å². The number of para-hydroxylation sites is 3. The van der Waals surface area contributed by atoms with Crippen molar-refractivity contribution in [1.82, 2.24) is 0 Å². The molecule has 0 N–H and O–H groups in total. The van der Waals surface area contributed by atoms with Crippen molar-refractivity contribution >= 4 is 17.6 Å². The molecule has 1 aliphatic heterocycles. The highest BCUT2D eigenvalue weighted by Crippen LogP contribution is 2.30. The van der Waals surface area contributed by atoms with Gasteiger partial charge in [0.2, 0.25) is 0 Å². The maximum absolute atomic E-state index is 12.7. The Hall–Kier alpha value is -3.02. The fraction of sp³-hybridized carbons (Fsp3) is 0.364. The van der Waals surface area contributed by atoms with Gasteiger partial charge < -0.3 is 19.1 Å². The summed E-state index contributed by atoms with van der Waals surface area (Å²) < 4.78 is 16.1. The number of benzene rings is 2. The summed E-state index contributed by atoms with van der Waals surface area (Å²) in [6.45, 7) is 3.77. The SMILES string of the molecule is CCOc1ccccc1OCC(=O)OCC(=O)N1c2ccccc2CCC1C. The van der Waals surface area contributed by atoms with Crippen LogP contribution in [0.25, 0.3) is 0 Å². The predicted molar refractivity (Wildman–Crippen MR) is 106 cm³/mol. The molecule has 2 aromatic carbocycles. The number of nitrogens with zero attached hydrogens (tertiary/aromatic N) is 1. The number of esters is 1. The molecule has 1 heterocycles. The number of aryl methyl sites for hydroxylation is 1. The zero-order valence-corrected chi connectivity index (χ0v) is 16.2. The van der Waals surface area contributed by atoms with Crippen LogP contribution in [0.5, 0.6) is 11.5 Å². The van der Waals surface area contributed by atoms with Gasteiger partial charge in [-0.05, 0) is 50.5 Å². The Morgan fingerprint density at radius 2 is 1.68 bits per heavy atom. The molecule has 148 valence electrons. The molecule has 1 amide bonds. The van der Waals surface area contributed by atoms with E-state index < -0.39 is 5.97 Å². The van der Waals surface area contributed by atoms with Crippen LogP contribution in [0.3, 0.4) is 0 Å². The minimum absolute atomic E-state index is 0.0652. The summed E-state index contributed by atoms with van der Waals surface area (Å²) in [4.78, 5) is 26.4. The molecule has 0 radical (unpaired) electrons. The molecule has 6 nitrogen and oxygen atoms in total. The number of hydrogen-bond acceptors (Lipinski definition) is 5. The second-order valence-electron chi connectivity index (χ2n) is 6.61. The Morgan fingerprint density at radius 1 is 1.00 bits per heavy atom.